The number of nitrogens with zero attached hydrogens (tertiary/aromatic N) is 2. The minimum absolute atomic E-state index is 0.0599. The maximum atomic E-state index is 12.9. The number of rotatable bonds is 2. The molecule has 1 unspecified atom stereocenters. The zero-order chi connectivity index (χ0) is 17.4. The Hall–Kier alpha value is -1.94. The molecule has 1 saturated heterocycles. The lowest BCUT2D eigenvalue weighted by atomic mass is 10.1. The molecule has 130 valence electrons. The first kappa shape index (κ1) is 16.5. The second kappa shape index (κ2) is 6.75. The quantitative estimate of drug-likeness (QED) is 0.824. The number of hydrogen-bond donors (Lipinski definition) is 0. The molecule has 25 heavy (non-hydrogen) atoms. The molecule has 0 spiro atoms. The average molecular weight is 353 g/mol. The average Bonchev–Trinajstić information content (AvgIpc) is 3.08. The van der Waals surface area contributed by atoms with E-state index in [1.807, 2.05) is 0 Å². The van der Waals surface area contributed by atoms with E-state index < -0.39 is 0 Å². The van der Waals surface area contributed by atoms with Crippen LogP contribution in [0.2, 0.25) is 0 Å². The molecule has 0 aromatic heterocycles. The van der Waals surface area contributed by atoms with E-state index in [-0.39, 0.29) is 5.25 Å². The van der Waals surface area contributed by atoms with Crippen LogP contribution in [0, 0.1) is 13.8 Å². The molecule has 0 radical (unpaired) electrons. The van der Waals surface area contributed by atoms with Crippen LogP contribution in [0.1, 0.15) is 16.7 Å². The van der Waals surface area contributed by atoms with Gasteiger partial charge in [0.05, 0.1) is 5.25 Å². The van der Waals surface area contributed by atoms with Gasteiger partial charge in [-0.1, -0.05) is 30.3 Å². The van der Waals surface area contributed by atoms with E-state index in [4.69, 9.17) is 0 Å². The van der Waals surface area contributed by atoms with Crippen LogP contribution in [0.4, 0.5) is 5.69 Å². The molecular weight excluding hydrogens is 328 g/mol. The minimum Gasteiger partial charge on any atom is -0.368 e. The summed E-state index contributed by atoms with van der Waals surface area (Å²) in [5.41, 5.74) is 5.31. The fraction of sp³-hybridized carbons (Fsp3) is 0.381. The molecule has 1 fully saturated rings. The third-order valence-corrected chi connectivity index (χ3v) is 6.74. The molecule has 0 N–H and O–H groups in total. The summed E-state index contributed by atoms with van der Waals surface area (Å²) >= 11 is 1.73. The maximum absolute atomic E-state index is 12.9. The van der Waals surface area contributed by atoms with Crippen molar-refractivity contribution < 1.29 is 4.79 Å². The van der Waals surface area contributed by atoms with E-state index in [2.05, 4.69) is 66.1 Å². The molecule has 2 heterocycles. The van der Waals surface area contributed by atoms with Crippen LogP contribution in [0.5, 0.6) is 0 Å². The number of aryl methyl sites for hydroxylation is 1. The number of hydrogen-bond acceptors (Lipinski definition) is 3. The molecule has 3 nitrogen and oxygen atoms in total. The van der Waals surface area contributed by atoms with Crippen LogP contribution in [0.15, 0.2) is 47.4 Å². The van der Waals surface area contributed by atoms with E-state index >= 15 is 0 Å². The summed E-state index contributed by atoms with van der Waals surface area (Å²) in [6.45, 7) is 7.82. The number of fused-ring (bicyclic) bond motifs is 1. The Morgan fingerprint density at radius 1 is 1.00 bits per heavy atom. The lowest BCUT2D eigenvalue weighted by Crippen LogP contribution is -2.51. The number of anilines is 1. The Balaban J connectivity index is 1.39. The zero-order valence-electron chi connectivity index (χ0n) is 14.9. The van der Waals surface area contributed by atoms with Crippen LogP contribution in [-0.4, -0.2) is 42.2 Å². The normalized spacial score (nSPS) is 19.8. The largest absolute Gasteiger partial charge is 0.368 e. The fourth-order valence-electron chi connectivity index (χ4n) is 3.77. The van der Waals surface area contributed by atoms with Gasteiger partial charge in [0.2, 0.25) is 5.91 Å². The molecular formula is C21H24N2OS. The van der Waals surface area contributed by atoms with Gasteiger partial charge in [-0.2, -0.15) is 0 Å². The van der Waals surface area contributed by atoms with Crippen molar-refractivity contribution in [3.05, 3.63) is 59.2 Å². The summed E-state index contributed by atoms with van der Waals surface area (Å²) in [5, 5.41) is 0.0599. The van der Waals surface area contributed by atoms with Gasteiger partial charge in [-0.15, -0.1) is 11.8 Å². The smallest absolute Gasteiger partial charge is 0.236 e. The monoisotopic (exact) mass is 352 g/mol. The van der Waals surface area contributed by atoms with Crippen molar-refractivity contribution in [3.63, 3.8) is 0 Å². The van der Waals surface area contributed by atoms with Crippen molar-refractivity contribution in [2.45, 2.75) is 30.4 Å². The number of benzene rings is 2. The molecule has 1 amide bonds. The highest BCUT2D eigenvalue weighted by Gasteiger charge is 2.32. The number of piperazine rings is 1. The summed E-state index contributed by atoms with van der Waals surface area (Å²) in [5.74, 6) is 0.307. The molecule has 2 aromatic rings. The van der Waals surface area contributed by atoms with Gasteiger partial charge in [-0.3, -0.25) is 4.79 Å². The van der Waals surface area contributed by atoms with Crippen LogP contribution >= 0.6 is 11.8 Å². The first-order valence-corrected chi connectivity index (χ1v) is 9.86. The highest BCUT2D eigenvalue weighted by molar-refractivity contribution is 8.01. The van der Waals surface area contributed by atoms with Crippen LogP contribution in [0.25, 0.3) is 0 Å². The highest BCUT2D eigenvalue weighted by atomic mass is 32.2. The molecule has 2 aliphatic rings. The zero-order valence-corrected chi connectivity index (χ0v) is 15.7. The fourth-order valence-corrected chi connectivity index (χ4v) is 5.05. The van der Waals surface area contributed by atoms with Gasteiger partial charge < -0.3 is 9.80 Å². The van der Waals surface area contributed by atoms with Crippen molar-refractivity contribution in [2.24, 2.45) is 0 Å². The summed E-state index contributed by atoms with van der Waals surface area (Å²) < 4.78 is 0. The third kappa shape index (κ3) is 3.15. The molecule has 4 rings (SSSR count). The van der Waals surface area contributed by atoms with Gasteiger partial charge in [0.15, 0.2) is 0 Å². The first-order chi connectivity index (χ1) is 12.1. The Morgan fingerprint density at radius 2 is 1.76 bits per heavy atom. The summed E-state index contributed by atoms with van der Waals surface area (Å²) in [7, 11) is 0. The topological polar surface area (TPSA) is 23.6 Å². The van der Waals surface area contributed by atoms with Crippen LogP contribution in [0.3, 0.4) is 0 Å². The number of amides is 1. The second-order valence-electron chi connectivity index (χ2n) is 6.95. The van der Waals surface area contributed by atoms with Gasteiger partial charge in [-0.25, -0.2) is 0 Å². The molecule has 1 atom stereocenters. The summed E-state index contributed by atoms with van der Waals surface area (Å²) in [6, 6.07) is 14.9. The SMILES string of the molecule is Cc1cccc(N2CCN(C(=O)C3Cc4ccccc4S3)CC2)c1C. The van der Waals surface area contributed by atoms with Gasteiger partial charge in [-0.05, 0) is 49.1 Å². The molecule has 0 bridgehead atoms. The van der Waals surface area contributed by atoms with Gasteiger partial charge >= 0.3 is 0 Å². The second-order valence-corrected chi connectivity index (χ2v) is 8.19. The Kier molecular flexibility index (Phi) is 4.46. The van der Waals surface area contributed by atoms with Gasteiger partial charge in [0.1, 0.15) is 0 Å². The molecule has 4 heteroatoms. The van der Waals surface area contributed by atoms with Crippen LogP contribution < -0.4 is 4.90 Å². The lowest BCUT2D eigenvalue weighted by molar-refractivity contribution is -0.130. The third-order valence-electron chi connectivity index (χ3n) is 5.43. The number of carbonyl (C=O) groups excluding carboxylic acids is 1. The van der Waals surface area contributed by atoms with Gasteiger partial charge in [0.25, 0.3) is 0 Å². The van der Waals surface area contributed by atoms with Crippen LogP contribution in [-0.2, 0) is 11.2 Å². The molecule has 2 aromatic carbocycles. The predicted octanol–water partition coefficient (Wildman–Crippen LogP) is 3.67. The molecule has 0 saturated carbocycles. The van der Waals surface area contributed by atoms with Gasteiger partial charge in [0, 0.05) is 36.8 Å². The van der Waals surface area contributed by atoms with Crippen molar-refractivity contribution >= 4 is 23.4 Å². The summed E-state index contributed by atoms with van der Waals surface area (Å²) in [6.07, 6.45) is 0.872. The Labute approximate surface area is 154 Å². The standard InChI is InChI=1S/C21H24N2OS/c1-15-6-5-8-18(16(15)2)22-10-12-23(13-11-22)21(24)20-14-17-7-3-4-9-19(17)25-20/h3-9,20H,10-14H2,1-2H3. The van der Waals surface area contributed by atoms with E-state index in [0.717, 1.165) is 32.6 Å². The maximum Gasteiger partial charge on any atom is 0.236 e. The van der Waals surface area contributed by atoms with E-state index in [9.17, 15) is 4.79 Å². The Bertz CT molecular complexity index is 771. The van der Waals surface area contributed by atoms with Crippen molar-refractivity contribution in [1.29, 1.82) is 0 Å². The highest BCUT2D eigenvalue weighted by Crippen LogP contribution is 2.37. The number of carbonyl (C=O) groups is 1. The van der Waals surface area contributed by atoms with E-state index in [1.54, 1.807) is 11.8 Å². The first-order valence-electron chi connectivity index (χ1n) is 8.98. The summed E-state index contributed by atoms with van der Waals surface area (Å²) in [4.78, 5) is 18.7. The van der Waals surface area contributed by atoms with Crippen molar-refractivity contribution in [2.75, 3.05) is 31.1 Å². The lowest BCUT2D eigenvalue weighted by Gasteiger charge is -2.37. The Morgan fingerprint density at radius 3 is 2.52 bits per heavy atom. The molecule has 0 aliphatic carbocycles. The van der Waals surface area contributed by atoms with E-state index in [1.165, 1.54) is 27.3 Å². The van der Waals surface area contributed by atoms with Crippen molar-refractivity contribution in [1.82, 2.24) is 4.90 Å². The van der Waals surface area contributed by atoms with E-state index in [0.29, 0.717) is 5.91 Å². The molecule has 2 aliphatic heterocycles. The van der Waals surface area contributed by atoms with Crippen molar-refractivity contribution in [3.8, 4) is 0 Å². The number of thioether (sulfide) groups is 1. The predicted molar refractivity (Wildman–Crippen MR) is 105 cm³/mol. The minimum atomic E-state index is 0.0599.